The first-order valence-corrected chi connectivity index (χ1v) is 12.8. The normalized spacial score (nSPS) is 19.9. The minimum Gasteiger partial charge on any atom is -0.494 e. The molecule has 0 bridgehead atoms. The molecule has 3 heterocycles. The summed E-state index contributed by atoms with van der Waals surface area (Å²) < 4.78 is 45.6. The summed E-state index contributed by atoms with van der Waals surface area (Å²) in [5.41, 5.74) is 1.58. The number of halogens is 3. The van der Waals surface area contributed by atoms with Crippen molar-refractivity contribution in [1.29, 1.82) is 0 Å². The highest BCUT2D eigenvalue weighted by molar-refractivity contribution is 6.31. The van der Waals surface area contributed by atoms with Crippen LogP contribution in [0.25, 0.3) is 10.9 Å². The van der Waals surface area contributed by atoms with E-state index in [4.69, 9.17) is 25.8 Å². The molecule has 2 fully saturated rings. The van der Waals surface area contributed by atoms with Crippen LogP contribution in [-0.4, -0.2) is 72.3 Å². The molecule has 0 spiro atoms. The number of nitrogens with zero attached hydrogens (tertiary/aromatic N) is 3. The predicted octanol–water partition coefficient (Wildman–Crippen LogP) is 4.63. The lowest BCUT2D eigenvalue weighted by Gasteiger charge is -2.24. The van der Waals surface area contributed by atoms with Crippen molar-refractivity contribution in [3.05, 3.63) is 65.0 Å². The number of rotatable bonds is 9. The van der Waals surface area contributed by atoms with E-state index in [9.17, 15) is 13.6 Å². The van der Waals surface area contributed by atoms with Gasteiger partial charge in [-0.05, 0) is 37.3 Å². The maximum atomic E-state index is 14.9. The summed E-state index contributed by atoms with van der Waals surface area (Å²) in [6.07, 6.45) is 2.44. The summed E-state index contributed by atoms with van der Waals surface area (Å²) >= 11 is 5.91. The van der Waals surface area contributed by atoms with E-state index in [2.05, 4.69) is 15.3 Å². The Morgan fingerprint density at radius 3 is 2.68 bits per heavy atom. The van der Waals surface area contributed by atoms with Crippen LogP contribution in [0.3, 0.4) is 0 Å². The van der Waals surface area contributed by atoms with Gasteiger partial charge in [0.25, 0.3) is 0 Å². The highest BCUT2D eigenvalue weighted by atomic mass is 35.5. The van der Waals surface area contributed by atoms with Crippen molar-refractivity contribution < 1.29 is 27.8 Å². The number of hydrogen-bond donors (Lipinski definition) is 1. The number of nitrogens with one attached hydrogen (secondary N) is 1. The first kappa shape index (κ1) is 26.4. The van der Waals surface area contributed by atoms with Crippen LogP contribution in [0.1, 0.15) is 12.5 Å². The average molecular weight is 545 g/mol. The Bertz CT molecular complexity index is 1360. The van der Waals surface area contributed by atoms with Crippen LogP contribution in [0, 0.1) is 5.82 Å². The van der Waals surface area contributed by atoms with E-state index in [1.165, 1.54) is 30.6 Å². The monoisotopic (exact) mass is 544 g/mol. The Morgan fingerprint density at radius 2 is 1.97 bits per heavy atom. The lowest BCUT2D eigenvalue weighted by molar-refractivity contribution is -0.116. The van der Waals surface area contributed by atoms with Gasteiger partial charge in [-0.3, -0.25) is 9.69 Å². The highest BCUT2D eigenvalue weighted by Gasteiger charge is 2.36. The zero-order chi connectivity index (χ0) is 26.6. The van der Waals surface area contributed by atoms with Crippen LogP contribution in [0.5, 0.6) is 5.75 Å². The van der Waals surface area contributed by atoms with E-state index >= 15 is 0 Å². The van der Waals surface area contributed by atoms with Crippen LogP contribution in [-0.2, 0) is 20.7 Å². The fraction of sp³-hybridized carbons (Fsp3) is 0.370. The fourth-order valence-electron chi connectivity index (χ4n) is 4.63. The van der Waals surface area contributed by atoms with Crippen molar-refractivity contribution in [1.82, 2.24) is 14.9 Å². The Hall–Kier alpha value is -3.18. The molecule has 5 rings (SSSR count). The van der Waals surface area contributed by atoms with Crippen LogP contribution >= 0.6 is 11.6 Å². The minimum absolute atomic E-state index is 0.0155. The number of Topliss-reactive ketones (excluding diaryl/α,β-unsaturated/α-hetero) is 1. The largest absolute Gasteiger partial charge is 0.494 e. The second-order valence-corrected chi connectivity index (χ2v) is 9.48. The molecule has 200 valence electrons. The first-order valence-electron chi connectivity index (χ1n) is 12.4. The number of ether oxygens (including phenoxy) is 3. The van der Waals surface area contributed by atoms with E-state index < -0.39 is 17.4 Å². The molecule has 38 heavy (non-hydrogen) atoms. The van der Waals surface area contributed by atoms with Gasteiger partial charge in [-0.2, -0.15) is 0 Å². The van der Waals surface area contributed by atoms with Crippen molar-refractivity contribution in [3.8, 4) is 5.75 Å². The summed E-state index contributed by atoms with van der Waals surface area (Å²) in [6, 6.07) is 7.62. The number of carbonyl (C=O) groups excluding carboxylic acids is 1. The van der Waals surface area contributed by atoms with Gasteiger partial charge < -0.3 is 19.5 Å². The fourth-order valence-corrected chi connectivity index (χ4v) is 4.81. The molecule has 11 heteroatoms. The van der Waals surface area contributed by atoms with Crippen LogP contribution < -0.4 is 10.1 Å². The van der Waals surface area contributed by atoms with Gasteiger partial charge in [-0.25, -0.2) is 18.7 Å². The molecule has 8 nitrogen and oxygen atoms in total. The summed E-state index contributed by atoms with van der Waals surface area (Å²) in [5.74, 6) is -1.15. The number of allylic oxidation sites excluding steroid dienone is 1. The van der Waals surface area contributed by atoms with E-state index in [1.54, 1.807) is 12.1 Å². The van der Waals surface area contributed by atoms with Gasteiger partial charge in [0.2, 0.25) is 0 Å². The third-order valence-electron chi connectivity index (χ3n) is 6.48. The zero-order valence-corrected chi connectivity index (χ0v) is 21.5. The van der Waals surface area contributed by atoms with Crippen LogP contribution in [0.15, 0.2) is 48.6 Å². The van der Waals surface area contributed by atoms with Crippen molar-refractivity contribution >= 4 is 39.8 Å². The van der Waals surface area contributed by atoms with Gasteiger partial charge in [0.15, 0.2) is 11.6 Å². The smallest absolute Gasteiger partial charge is 0.195 e. The number of ketones is 1. The first-order chi connectivity index (χ1) is 18.4. The molecule has 2 aliphatic heterocycles. The van der Waals surface area contributed by atoms with Gasteiger partial charge in [-0.1, -0.05) is 11.6 Å². The summed E-state index contributed by atoms with van der Waals surface area (Å²) in [7, 11) is 0. The molecular formula is C27H27ClF2N4O4. The summed E-state index contributed by atoms with van der Waals surface area (Å²) in [6.45, 7) is 4.86. The maximum Gasteiger partial charge on any atom is 0.195 e. The molecule has 0 aliphatic carbocycles. The van der Waals surface area contributed by atoms with Crippen molar-refractivity contribution in [2.24, 2.45) is 0 Å². The molecule has 2 aliphatic rings. The lowest BCUT2D eigenvalue weighted by atomic mass is 10.0. The van der Waals surface area contributed by atoms with Gasteiger partial charge in [0.1, 0.15) is 23.7 Å². The summed E-state index contributed by atoms with van der Waals surface area (Å²) in [4.78, 5) is 23.4. The number of likely N-dealkylation sites (tertiary alicyclic amines) is 1. The molecule has 1 aromatic heterocycles. The van der Waals surface area contributed by atoms with E-state index in [0.29, 0.717) is 66.6 Å². The Kier molecular flexibility index (Phi) is 8.13. The van der Waals surface area contributed by atoms with Gasteiger partial charge in [-0.15, -0.1) is 0 Å². The van der Waals surface area contributed by atoms with E-state index in [1.807, 2.05) is 11.8 Å². The lowest BCUT2D eigenvalue weighted by Crippen LogP contribution is -2.36. The standard InChI is InChI=1S/C27H27ClF2N4O4/c1-2-36-24-12-22-18(27(32-15-31-22)33-17-3-4-20(29)19(28)11-17)9-16(24)10-23(35)21(30)5-6-34-13-25-26(14-34)38-8-7-37-25/h3-5,9,11-12,15,25-26H,2,6-8,10,13-14H2,1H3,(H,31,32,33)/b21-5-/t25-,26+. The molecule has 2 aromatic carbocycles. The van der Waals surface area contributed by atoms with E-state index in [-0.39, 0.29) is 30.2 Å². The molecule has 0 amide bonds. The zero-order valence-electron chi connectivity index (χ0n) is 20.8. The molecule has 0 saturated carbocycles. The number of benzene rings is 2. The molecule has 3 aromatic rings. The topological polar surface area (TPSA) is 85.8 Å². The van der Waals surface area contributed by atoms with Crippen molar-refractivity contribution in [2.75, 3.05) is 44.8 Å². The van der Waals surface area contributed by atoms with Gasteiger partial charge in [0.05, 0.1) is 42.6 Å². The third-order valence-corrected chi connectivity index (χ3v) is 6.77. The number of anilines is 2. The maximum absolute atomic E-state index is 14.9. The van der Waals surface area contributed by atoms with Crippen LogP contribution in [0.2, 0.25) is 5.02 Å². The van der Waals surface area contributed by atoms with Gasteiger partial charge in [0, 0.05) is 48.8 Å². The second-order valence-electron chi connectivity index (χ2n) is 9.08. The van der Waals surface area contributed by atoms with Crippen molar-refractivity contribution in [2.45, 2.75) is 25.6 Å². The SMILES string of the molecule is CCOc1cc2ncnc(Nc3ccc(F)c(Cl)c3)c2cc1CC(=O)/C(F)=C/CN1C[C@@H]2OCCO[C@@H]2C1. The Morgan fingerprint density at radius 1 is 1.21 bits per heavy atom. The molecule has 2 atom stereocenters. The number of carbonyl (C=O) groups is 1. The number of aromatic nitrogens is 2. The van der Waals surface area contributed by atoms with Crippen LogP contribution in [0.4, 0.5) is 20.3 Å². The van der Waals surface area contributed by atoms with E-state index in [0.717, 1.165) is 0 Å². The Balaban J connectivity index is 1.35. The molecule has 0 radical (unpaired) electrons. The molecule has 1 N–H and O–H groups in total. The Labute approximate surface area is 223 Å². The third kappa shape index (κ3) is 5.94. The van der Waals surface area contributed by atoms with Crippen molar-refractivity contribution in [3.63, 3.8) is 0 Å². The predicted molar refractivity (Wildman–Crippen MR) is 139 cm³/mol. The summed E-state index contributed by atoms with van der Waals surface area (Å²) in [5, 5.41) is 3.66. The molecule has 2 saturated heterocycles. The second kappa shape index (κ2) is 11.7. The number of hydrogen-bond acceptors (Lipinski definition) is 8. The molecule has 0 unspecified atom stereocenters. The minimum atomic E-state index is -0.812. The number of fused-ring (bicyclic) bond motifs is 2. The van der Waals surface area contributed by atoms with Gasteiger partial charge >= 0.3 is 0 Å². The average Bonchev–Trinajstić information content (AvgIpc) is 3.33. The highest BCUT2D eigenvalue weighted by Crippen LogP contribution is 2.32. The quantitative estimate of drug-likeness (QED) is 0.390. The molecular weight excluding hydrogens is 518 g/mol.